The number of thiazole rings is 1. The summed E-state index contributed by atoms with van der Waals surface area (Å²) < 4.78 is 0.985. The SMILES string of the molecule is Cc1cnc(C(C)Nc2ccc(Br)cc2N)s1. The number of nitrogen functional groups attached to an aromatic ring is 1. The van der Waals surface area contributed by atoms with E-state index in [0.29, 0.717) is 0 Å². The third-order valence-electron chi connectivity index (χ3n) is 2.40. The minimum atomic E-state index is 0.164. The van der Waals surface area contributed by atoms with Crippen LogP contribution in [0.15, 0.2) is 28.9 Å². The van der Waals surface area contributed by atoms with Crippen molar-refractivity contribution in [2.45, 2.75) is 19.9 Å². The summed E-state index contributed by atoms with van der Waals surface area (Å²) >= 11 is 5.09. The van der Waals surface area contributed by atoms with Gasteiger partial charge < -0.3 is 11.1 Å². The standard InChI is InChI=1S/C12H14BrN3S/c1-7-6-15-12(17-7)8(2)16-11-4-3-9(13)5-10(11)14/h3-6,8,16H,14H2,1-2H3. The summed E-state index contributed by atoms with van der Waals surface area (Å²) in [6, 6.07) is 5.99. The Labute approximate surface area is 113 Å². The van der Waals surface area contributed by atoms with Gasteiger partial charge in [0.2, 0.25) is 0 Å². The van der Waals surface area contributed by atoms with Crippen LogP contribution in [0.5, 0.6) is 0 Å². The molecule has 0 bridgehead atoms. The Balaban J connectivity index is 2.15. The van der Waals surface area contributed by atoms with Crippen LogP contribution < -0.4 is 11.1 Å². The molecule has 1 aromatic carbocycles. The Kier molecular flexibility index (Phi) is 3.69. The van der Waals surface area contributed by atoms with E-state index >= 15 is 0 Å². The number of aryl methyl sites for hydroxylation is 1. The maximum absolute atomic E-state index is 5.94. The van der Waals surface area contributed by atoms with Crippen molar-refractivity contribution in [3.05, 3.63) is 38.8 Å². The monoisotopic (exact) mass is 311 g/mol. The highest BCUT2D eigenvalue weighted by Crippen LogP contribution is 2.28. The van der Waals surface area contributed by atoms with Crippen LogP contribution in [0.1, 0.15) is 22.9 Å². The fourth-order valence-electron chi connectivity index (χ4n) is 1.53. The van der Waals surface area contributed by atoms with Crippen LogP contribution in [-0.4, -0.2) is 4.98 Å². The van der Waals surface area contributed by atoms with Gasteiger partial charge in [0.1, 0.15) is 5.01 Å². The van der Waals surface area contributed by atoms with Gasteiger partial charge in [0.15, 0.2) is 0 Å². The largest absolute Gasteiger partial charge is 0.397 e. The highest BCUT2D eigenvalue weighted by Gasteiger charge is 2.10. The van der Waals surface area contributed by atoms with Gasteiger partial charge in [0, 0.05) is 15.5 Å². The van der Waals surface area contributed by atoms with Crippen molar-refractivity contribution >= 4 is 38.6 Å². The number of benzene rings is 1. The first kappa shape index (κ1) is 12.4. The molecule has 2 rings (SSSR count). The van der Waals surface area contributed by atoms with E-state index in [9.17, 15) is 0 Å². The van der Waals surface area contributed by atoms with E-state index < -0.39 is 0 Å². The van der Waals surface area contributed by atoms with Crippen LogP contribution in [0.4, 0.5) is 11.4 Å². The molecule has 0 radical (unpaired) electrons. The van der Waals surface area contributed by atoms with Crippen LogP contribution >= 0.6 is 27.3 Å². The van der Waals surface area contributed by atoms with Gasteiger partial charge in [0.05, 0.1) is 17.4 Å². The fraction of sp³-hybridized carbons (Fsp3) is 0.250. The third-order valence-corrected chi connectivity index (χ3v) is 3.98. The molecule has 0 amide bonds. The predicted octanol–water partition coefficient (Wildman–Crippen LogP) is 3.97. The molecular weight excluding hydrogens is 298 g/mol. The van der Waals surface area contributed by atoms with Gasteiger partial charge in [-0.05, 0) is 32.0 Å². The maximum atomic E-state index is 5.94. The number of aromatic nitrogens is 1. The first-order valence-corrected chi connectivity index (χ1v) is 6.91. The van der Waals surface area contributed by atoms with Crippen molar-refractivity contribution < 1.29 is 0 Å². The number of nitrogens with two attached hydrogens (primary N) is 1. The minimum absolute atomic E-state index is 0.164. The number of hydrogen-bond donors (Lipinski definition) is 2. The molecule has 1 atom stereocenters. The molecule has 0 spiro atoms. The topological polar surface area (TPSA) is 50.9 Å². The molecular formula is C12H14BrN3S. The van der Waals surface area contributed by atoms with Crippen LogP contribution in [0, 0.1) is 6.92 Å². The van der Waals surface area contributed by atoms with Crippen molar-refractivity contribution in [2.75, 3.05) is 11.1 Å². The molecule has 1 unspecified atom stereocenters. The zero-order chi connectivity index (χ0) is 12.4. The smallest absolute Gasteiger partial charge is 0.115 e. The molecule has 17 heavy (non-hydrogen) atoms. The molecule has 0 fully saturated rings. The van der Waals surface area contributed by atoms with Crippen LogP contribution in [0.2, 0.25) is 0 Å². The quantitative estimate of drug-likeness (QED) is 0.843. The minimum Gasteiger partial charge on any atom is -0.397 e. The number of nitrogens with zero attached hydrogens (tertiary/aromatic N) is 1. The zero-order valence-corrected chi connectivity index (χ0v) is 12.1. The van der Waals surface area contributed by atoms with Crippen LogP contribution in [0.3, 0.4) is 0 Å². The molecule has 0 aliphatic rings. The molecule has 90 valence electrons. The lowest BCUT2D eigenvalue weighted by atomic mass is 10.2. The molecule has 0 aliphatic heterocycles. The number of hydrogen-bond acceptors (Lipinski definition) is 4. The van der Waals surface area contributed by atoms with Gasteiger partial charge >= 0.3 is 0 Å². The van der Waals surface area contributed by atoms with Gasteiger partial charge in [-0.1, -0.05) is 15.9 Å². The third kappa shape index (κ3) is 2.98. The number of nitrogens with one attached hydrogen (secondary N) is 1. The first-order valence-electron chi connectivity index (χ1n) is 5.30. The maximum Gasteiger partial charge on any atom is 0.115 e. The van der Waals surface area contributed by atoms with Gasteiger partial charge in [-0.3, -0.25) is 0 Å². The lowest BCUT2D eigenvalue weighted by Gasteiger charge is -2.14. The Morgan fingerprint density at radius 3 is 2.82 bits per heavy atom. The van der Waals surface area contributed by atoms with E-state index in [-0.39, 0.29) is 6.04 Å². The molecule has 0 aliphatic carbocycles. The van der Waals surface area contributed by atoms with Crippen molar-refractivity contribution in [3.8, 4) is 0 Å². The number of anilines is 2. The van der Waals surface area contributed by atoms with Crippen molar-refractivity contribution in [2.24, 2.45) is 0 Å². The zero-order valence-electron chi connectivity index (χ0n) is 9.70. The normalized spacial score (nSPS) is 12.4. The van der Waals surface area contributed by atoms with Gasteiger partial charge in [-0.25, -0.2) is 4.98 Å². The summed E-state index contributed by atoms with van der Waals surface area (Å²) in [4.78, 5) is 5.58. The van der Waals surface area contributed by atoms with Gasteiger partial charge in [0.25, 0.3) is 0 Å². The lowest BCUT2D eigenvalue weighted by Crippen LogP contribution is -2.07. The molecule has 5 heteroatoms. The van der Waals surface area contributed by atoms with Crippen LogP contribution in [0.25, 0.3) is 0 Å². The first-order chi connectivity index (χ1) is 8.06. The summed E-state index contributed by atoms with van der Waals surface area (Å²) in [6.07, 6.45) is 1.89. The van der Waals surface area contributed by atoms with Crippen LogP contribution in [-0.2, 0) is 0 Å². The Bertz CT molecular complexity index is 524. The Morgan fingerprint density at radius 2 is 2.24 bits per heavy atom. The molecule has 3 nitrogen and oxygen atoms in total. The van der Waals surface area contributed by atoms with E-state index in [1.165, 1.54) is 4.88 Å². The second-order valence-electron chi connectivity index (χ2n) is 3.91. The molecule has 1 aromatic heterocycles. The summed E-state index contributed by atoms with van der Waals surface area (Å²) in [5, 5.41) is 4.44. The predicted molar refractivity (Wildman–Crippen MR) is 77.4 cm³/mol. The molecule has 3 N–H and O–H groups in total. The van der Waals surface area contributed by atoms with Gasteiger partial charge in [-0.15, -0.1) is 11.3 Å². The second kappa shape index (κ2) is 5.06. The molecule has 1 heterocycles. The highest BCUT2D eigenvalue weighted by molar-refractivity contribution is 9.10. The average molecular weight is 312 g/mol. The van der Waals surface area contributed by atoms with E-state index in [1.807, 2.05) is 24.4 Å². The number of halogens is 1. The van der Waals surface area contributed by atoms with E-state index in [1.54, 1.807) is 11.3 Å². The van der Waals surface area contributed by atoms with E-state index in [0.717, 1.165) is 20.9 Å². The Hall–Kier alpha value is -1.07. The molecule has 0 saturated heterocycles. The highest BCUT2D eigenvalue weighted by atomic mass is 79.9. The summed E-state index contributed by atoms with van der Waals surface area (Å²) in [5.41, 5.74) is 7.62. The number of rotatable bonds is 3. The summed E-state index contributed by atoms with van der Waals surface area (Å²) in [7, 11) is 0. The van der Waals surface area contributed by atoms with Crippen molar-refractivity contribution in [1.29, 1.82) is 0 Å². The summed E-state index contributed by atoms with van der Waals surface area (Å²) in [5.74, 6) is 0. The molecule has 2 aromatic rings. The van der Waals surface area contributed by atoms with Crippen molar-refractivity contribution in [3.63, 3.8) is 0 Å². The van der Waals surface area contributed by atoms with E-state index in [2.05, 4.69) is 40.1 Å². The average Bonchev–Trinajstić information content (AvgIpc) is 2.69. The second-order valence-corrected chi connectivity index (χ2v) is 6.09. The van der Waals surface area contributed by atoms with Gasteiger partial charge in [-0.2, -0.15) is 0 Å². The molecule has 0 saturated carbocycles. The lowest BCUT2D eigenvalue weighted by molar-refractivity contribution is 0.870. The van der Waals surface area contributed by atoms with Crippen molar-refractivity contribution in [1.82, 2.24) is 4.98 Å². The fourth-order valence-corrected chi connectivity index (χ4v) is 2.69. The Morgan fingerprint density at radius 1 is 1.47 bits per heavy atom. The van der Waals surface area contributed by atoms with E-state index in [4.69, 9.17) is 5.73 Å². The summed E-state index contributed by atoms with van der Waals surface area (Å²) in [6.45, 7) is 4.14.